The number of carbonyl (C=O) groups excluding carboxylic acids is 2. The number of benzene rings is 3. The number of aromatic nitrogens is 3. The minimum absolute atomic E-state index is 0.0197. The number of nitrogens with one attached hydrogen (secondary N) is 1. The highest BCUT2D eigenvalue weighted by atomic mass is 35.5. The first-order chi connectivity index (χ1) is 25.3. The van der Waals surface area contributed by atoms with Gasteiger partial charge in [0.15, 0.2) is 0 Å². The van der Waals surface area contributed by atoms with E-state index in [0.29, 0.717) is 33.9 Å². The van der Waals surface area contributed by atoms with Crippen LogP contribution in [0, 0.1) is 6.92 Å². The van der Waals surface area contributed by atoms with E-state index in [4.69, 9.17) is 16.6 Å². The number of pyridine rings is 1. The summed E-state index contributed by atoms with van der Waals surface area (Å²) in [5.41, 5.74) is 8.01. The first kappa shape index (κ1) is 33.9. The number of nitrogens with zero attached hydrogens (tertiary/aromatic N) is 6. The monoisotopic (exact) mass is 711 g/mol. The summed E-state index contributed by atoms with van der Waals surface area (Å²) >= 11 is 6.67. The molecule has 2 aliphatic heterocycles. The van der Waals surface area contributed by atoms with Crippen LogP contribution in [0.25, 0.3) is 22.3 Å². The molecule has 264 valence electrons. The average molecular weight is 712 g/mol. The first-order valence-corrected chi connectivity index (χ1v) is 18.2. The minimum Gasteiger partial charge on any atom is -0.347 e. The van der Waals surface area contributed by atoms with Gasteiger partial charge in [-0.1, -0.05) is 54.1 Å². The van der Waals surface area contributed by atoms with Crippen LogP contribution in [0.15, 0.2) is 103 Å². The van der Waals surface area contributed by atoms with Gasteiger partial charge < -0.3 is 19.4 Å². The Morgan fingerprint density at radius 1 is 0.885 bits per heavy atom. The molecule has 3 aromatic carbocycles. The van der Waals surface area contributed by atoms with Gasteiger partial charge in [-0.05, 0) is 73.0 Å². The topological polar surface area (TPSA) is 78.6 Å². The number of hydrogen-bond acceptors (Lipinski definition) is 5. The number of hydrogen-bond donors (Lipinski definition) is 1. The number of rotatable bonds is 7. The number of halogens is 1. The lowest BCUT2D eigenvalue weighted by Crippen LogP contribution is -2.53. The Balaban J connectivity index is 1.18. The zero-order chi connectivity index (χ0) is 35.9. The first-order valence-electron chi connectivity index (χ1n) is 17.8. The van der Waals surface area contributed by atoms with Gasteiger partial charge in [0.25, 0.3) is 11.8 Å². The smallest absolute Gasteiger partial charge is 0.264 e. The quantitative estimate of drug-likeness (QED) is 0.193. The van der Waals surface area contributed by atoms with E-state index in [0.717, 1.165) is 67.3 Å². The highest BCUT2D eigenvalue weighted by molar-refractivity contribution is 6.31. The molecular formula is C42H42ClN7O2. The highest BCUT2D eigenvalue weighted by Crippen LogP contribution is 2.36. The Kier molecular flexibility index (Phi) is 9.17. The third-order valence-electron chi connectivity index (χ3n) is 10.7. The molecule has 0 aliphatic carbocycles. The molecule has 52 heavy (non-hydrogen) atoms. The zero-order valence-corrected chi connectivity index (χ0v) is 30.5. The zero-order valence-electron chi connectivity index (χ0n) is 29.7. The van der Waals surface area contributed by atoms with Crippen molar-refractivity contribution in [3.05, 3.63) is 136 Å². The number of carbonyl (C=O) groups is 2. The van der Waals surface area contributed by atoms with E-state index in [2.05, 4.69) is 28.4 Å². The van der Waals surface area contributed by atoms with Crippen LogP contribution in [-0.4, -0.2) is 74.5 Å². The van der Waals surface area contributed by atoms with E-state index in [1.165, 1.54) is 11.1 Å². The summed E-state index contributed by atoms with van der Waals surface area (Å²) in [5, 5.41) is 4.91. The molecule has 1 saturated heterocycles. The van der Waals surface area contributed by atoms with E-state index >= 15 is 0 Å². The Labute approximate surface area is 309 Å². The van der Waals surface area contributed by atoms with Crippen molar-refractivity contribution >= 4 is 45.8 Å². The number of piperazine rings is 1. The molecule has 0 radical (unpaired) electrons. The molecular weight excluding hydrogens is 670 g/mol. The van der Waals surface area contributed by atoms with Gasteiger partial charge >= 0.3 is 0 Å². The van der Waals surface area contributed by atoms with Crippen molar-refractivity contribution in [2.24, 2.45) is 14.1 Å². The van der Waals surface area contributed by atoms with Gasteiger partial charge in [-0.25, -0.2) is 4.98 Å². The van der Waals surface area contributed by atoms with Gasteiger partial charge in [0, 0.05) is 104 Å². The number of para-hydroxylation sites is 1. The summed E-state index contributed by atoms with van der Waals surface area (Å²) in [4.78, 5) is 40.5. The molecule has 3 aromatic heterocycles. The van der Waals surface area contributed by atoms with Gasteiger partial charge in [-0.2, -0.15) is 0 Å². The lowest BCUT2D eigenvalue weighted by molar-refractivity contribution is 0.0572. The molecule has 0 saturated carbocycles. The maximum absolute atomic E-state index is 14.8. The van der Waals surface area contributed by atoms with Crippen molar-refractivity contribution in [3.8, 4) is 11.3 Å². The second-order valence-corrected chi connectivity index (χ2v) is 14.3. The van der Waals surface area contributed by atoms with Crippen molar-refractivity contribution in [3.63, 3.8) is 0 Å². The van der Waals surface area contributed by atoms with Gasteiger partial charge in [-0.15, -0.1) is 0 Å². The second kappa shape index (κ2) is 14.1. The number of aryl methyl sites for hydroxylation is 1. The fraction of sp³-hybridized carbons (Fsp3) is 0.262. The molecule has 1 fully saturated rings. The average Bonchev–Trinajstić information content (AvgIpc) is 3.69. The van der Waals surface area contributed by atoms with Gasteiger partial charge in [0.2, 0.25) is 0 Å². The summed E-state index contributed by atoms with van der Waals surface area (Å²) in [6, 6.07) is 29.5. The molecule has 2 amide bonds. The predicted octanol–water partition coefficient (Wildman–Crippen LogP) is 6.99. The molecule has 0 unspecified atom stereocenters. The standard InChI is InChI=1S/C42H42ClN7O2/c1-28-37(42(52)50(33-11-5-4-6-12-33)34-22-30-15-18-46(2)40(30)45-25-34)24-39(47(28)3)38-23-32(43)13-14-36(38)41(51)49-26-31-10-8-7-9-29(31)21-35(49)27-48-19-16-44-17-20-48/h4-15,18,22-25,35,44H,16-17,19-21,26-27H2,1-3H3/t35-/m0/s1. The maximum Gasteiger partial charge on any atom is 0.264 e. The Bertz CT molecular complexity index is 2290. The van der Waals surface area contributed by atoms with E-state index < -0.39 is 0 Å². The van der Waals surface area contributed by atoms with Crippen molar-refractivity contribution in [2.75, 3.05) is 37.6 Å². The maximum atomic E-state index is 14.8. The van der Waals surface area contributed by atoms with Crippen LogP contribution in [0.1, 0.15) is 37.5 Å². The van der Waals surface area contributed by atoms with Crippen molar-refractivity contribution in [1.29, 1.82) is 0 Å². The largest absolute Gasteiger partial charge is 0.347 e. The van der Waals surface area contributed by atoms with Crippen LogP contribution >= 0.6 is 11.6 Å². The normalized spacial score (nSPS) is 16.2. The van der Waals surface area contributed by atoms with Gasteiger partial charge in [0.1, 0.15) is 5.65 Å². The number of anilines is 2. The Morgan fingerprint density at radius 3 is 2.42 bits per heavy atom. The molecule has 1 N–H and O–H groups in total. The molecule has 8 rings (SSSR count). The summed E-state index contributed by atoms with van der Waals surface area (Å²) in [6.45, 7) is 7.11. The lowest BCUT2D eigenvalue weighted by Gasteiger charge is -2.41. The number of fused-ring (bicyclic) bond motifs is 2. The third-order valence-corrected chi connectivity index (χ3v) is 11.0. The van der Waals surface area contributed by atoms with E-state index in [1.54, 1.807) is 17.2 Å². The van der Waals surface area contributed by atoms with E-state index in [9.17, 15) is 9.59 Å². The van der Waals surface area contributed by atoms with Crippen LogP contribution in [0.3, 0.4) is 0 Å². The fourth-order valence-corrected chi connectivity index (χ4v) is 7.94. The summed E-state index contributed by atoms with van der Waals surface area (Å²) < 4.78 is 3.95. The predicted molar refractivity (Wildman–Crippen MR) is 207 cm³/mol. The van der Waals surface area contributed by atoms with Crippen LogP contribution in [0.5, 0.6) is 0 Å². The van der Waals surface area contributed by atoms with Crippen LogP contribution in [-0.2, 0) is 27.1 Å². The molecule has 6 aromatic rings. The van der Waals surface area contributed by atoms with Crippen LogP contribution in [0.4, 0.5) is 11.4 Å². The van der Waals surface area contributed by atoms with Gasteiger partial charge in [-0.3, -0.25) is 19.4 Å². The van der Waals surface area contributed by atoms with E-state index in [1.807, 2.05) is 108 Å². The summed E-state index contributed by atoms with van der Waals surface area (Å²) in [7, 11) is 3.89. The second-order valence-electron chi connectivity index (χ2n) is 13.9. The molecule has 9 nitrogen and oxygen atoms in total. The SMILES string of the molecule is Cc1c(C(=O)N(c2ccccc2)c2cnc3c(ccn3C)c2)cc(-c2cc(Cl)ccc2C(=O)N2Cc3ccccc3C[C@H]2CN2CCNCC2)n1C. The molecule has 0 bridgehead atoms. The number of amides is 2. The molecule has 2 aliphatic rings. The van der Waals surface area contributed by atoms with E-state index in [-0.39, 0.29) is 17.9 Å². The lowest BCUT2D eigenvalue weighted by atomic mass is 9.92. The molecule has 0 spiro atoms. The molecule has 10 heteroatoms. The van der Waals surface area contributed by atoms with Crippen LogP contribution in [0.2, 0.25) is 5.02 Å². The highest BCUT2D eigenvalue weighted by Gasteiger charge is 2.34. The van der Waals surface area contributed by atoms with Crippen molar-refractivity contribution < 1.29 is 9.59 Å². The minimum atomic E-state index is -0.193. The van der Waals surface area contributed by atoms with Crippen LogP contribution < -0.4 is 10.2 Å². The summed E-state index contributed by atoms with van der Waals surface area (Å²) in [6.07, 6.45) is 4.51. The van der Waals surface area contributed by atoms with Crippen molar-refractivity contribution in [2.45, 2.75) is 25.9 Å². The van der Waals surface area contributed by atoms with Gasteiger partial charge in [0.05, 0.1) is 17.4 Å². The Morgan fingerprint density at radius 2 is 1.63 bits per heavy atom. The Hall–Kier alpha value is -5.22. The fourth-order valence-electron chi connectivity index (χ4n) is 7.77. The van der Waals surface area contributed by atoms with Crippen molar-refractivity contribution in [1.82, 2.24) is 29.2 Å². The third kappa shape index (κ3) is 6.29. The summed E-state index contributed by atoms with van der Waals surface area (Å²) in [5.74, 6) is -0.234. The molecule has 5 heterocycles. The molecule has 1 atom stereocenters.